The minimum Gasteiger partial charge on any atom is -0.312 e. The molecule has 3 rings (SSSR count). The monoisotopic (exact) mass is 323 g/mol. The molecule has 3 atom stereocenters. The lowest BCUT2D eigenvalue weighted by molar-refractivity contribution is 0.580. The number of hydrogen-bond donors (Lipinski definition) is 1. The second kappa shape index (κ2) is 5.87. The zero-order valence-electron chi connectivity index (χ0n) is 11.5. The molecule has 0 bridgehead atoms. The minimum absolute atomic E-state index is 0.0115. The zero-order valence-corrected chi connectivity index (χ0v) is 13.0. The van der Waals surface area contributed by atoms with Gasteiger partial charge in [-0.1, -0.05) is 35.9 Å². The van der Waals surface area contributed by atoms with Gasteiger partial charge in [0.15, 0.2) is 0 Å². The fourth-order valence-electron chi connectivity index (χ4n) is 2.88. The van der Waals surface area contributed by atoms with Crippen LogP contribution in [0.25, 0.3) is 0 Å². The van der Waals surface area contributed by atoms with E-state index < -0.39 is 16.6 Å². The van der Waals surface area contributed by atoms with Crippen molar-refractivity contribution < 1.29 is 8.60 Å². The van der Waals surface area contributed by atoms with E-state index in [1.54, 1.807) is 6.07 Å². The van der Waals surface area contributed by atoms with E-state index in [1.807, 2.05) is 19.2 Å². The molecule has 0 saturated carbocycles. The zero-order chi connectivity index (χ0) is 15.0. The Hall–Kier alpha value is -1.23. The first-order valence-electron chi connectivity index (χ1n) is 6.72. The van der Waals surface area contributed by atoms with E-state index in [9.17, 15) is 8.60 Å². The summed E-state index contributed by atoms with van der Waals surface area (Å²) in [4.78, 5) is 0.569. The van der Waals surface area contributed by atoms with Crippen molar-refractivity contribution in [3.63, 3.8) is 0 Å². The van der Waals surface area contributed by atoms with Gasteiger partial charge in [-0.25, -0.2) is 4.39 Å². The molecule has 0 radical (unpaired) electrons. The molecule has 1 aliphatic rings. The van der Waals surface area contributed by atoms with Gasteiger partial charge < -0.3 is 5.32 Å². The lowest BCUT2D eigenvalue weighted by Crippen LogP contribution is -2.29. The number of benzene rings is 2. The molecule has 2 nitrogen and oxygen atoms in total. The average molecular weight is 324 g/mol. The van der Waals surface area contributed by atoms with Crippen molar-refractivity contribution in [2.75, 3.05) is 7.05 Å². The fraction of sp³-hybridized carbons (Fsp3) is 0.250. The van der Waals surface area contributed by atoms with Gasteiger partial charge in [-0.2, -0.15) is 0 Å². The van der Waals surface area contributed by atoms with Crippen molar-refractivity contribution in [1.82, 2.24) is 5.32 Å². The van der Waals surface area contributed by atoms with E-state index in [1.165, 1.54) is 23.3 Å². The van der Waals surface area contributed by atoms with Gasteiger partial charge in [0.05, 0.1) is 21.1 Å². The second-order valence-corrected chi connectivity index (χ2v) is 7.16. The van der Waals surface area contributed by atoms with Gasteiger partial charge in [-0.05, 0) is 42.8 Å². The van der Waals surface area contributed by atoms with Gasteiger partial charge in [-0.3, -0.25) is 4.21 Å². The highest BCUT2D eigenvalue weighted by atomic mass is 35.5. The number of halogens is 2. The Labute approximate surface area is 130 Å². The molecule has 0 amide bonds. The normalized spacial score (nSPS) is 22.0. The quantitative estimate of drug-likeness (QED) is 0.937. The number of hydrogen-bond acceptors (Lipinski definition) is 2. The lowest BCUT2D eigenvalue weighted by Gasteiger charge is -2.19. The molecular formula is C16H15ClFNOS. The molecule has 2 aromatic carbocycles. The summed E-state index contributed by atoms with van der Waals surface area (Å²) >= 11 is 5.80. The Morgan fingerprint density at radius 3 is 2.76 bits per heavy atom. The predicted octanol–water partition coefficient (Wildman–Crippen LogP) is 3.47. The molecule has 0 aromatic heterocycles. The van der Waals surface area contributed by atoms with Crippen molar-refractivity contribution >= 4 is 22.4 Å². The first kappa shape index (κ1) is 14.7. The SMILES string of the molecule is CNC1c2ccccc2CC1S(=O)c1ccc(F)c(Cl)c1. The van der Waals surface area contributed by atoms with Crippen LogP contribution in [0.15, 0.2) is 47.4 Å². The predicted molar refractivity (Wildman–Crippen MR) is 83.6 cm³/mol. The van der Waals surface area contributed by atoms with Crippen LogP contribution in [0.5, 0.6) is 0 Å². The van der Waals surface area contributed by atoms with Crippen LogP contribution >= 0.6 is 11.6 Å². The Morgan fingerprint density at radius 2 is 2.05 bits per heavy atom. The van der Waals surface area contributed by atoms with Crippen LogP contribution in [-0.4, -0.2) is 16.5 Å². The van der Waals surface area contributed by atoms with E-state index in [2.05, 4.69) is 17.4 Å². The summed E-state index contributed by atoms with van der Waals surface area (Å²) in [5, 5.41) is 3.18. The Kier molecular flexibility index (Phi) is 4.11. The van der Waals surface area contributed by atoms with E-state index in [-0.39, 0.29) is 16.3 Å². The van der Waals surface area contributed by atoms with Crippen molar-refractivity contribution in [2.24, 2.45) is 0 Å². The highest BCUT2D eigenvalue weighted by molar-refractivity contribution is 7.85. The Morgan fingerprint density at radius 1 is 1.29 bits per heavy atom. The molecule has 5 heteroatoms. The molecule has 0 heterocycles. The molecule has 1 N–H and O–H groups in total. The summed E-state index contributed by atoms with van der Waals surface area (Å²) < 4.78 is 26.1. The first-order valence-corrected chi connectivity index (χ1v) is 8.31. The van der Waals surface area contributed by atoms with Crippen molar-refractivity contribution in [3.05, 3.63) is 64.4 Å². The Balaban J connectivity index is 1.94. The van der Waals surface area contributed by atoms with Crippen LogP contribution in [0.2, 0.25) is 5.02 Å². The van der Waals surface area contributed by atoms with Crippen LogP contribution in [0.4, 0.5) is 4.39 Å². The maximum absolute atomic E-state index is 13.3. The molecule has 21 heavy (non-hydrogen) atoms. The molecule has 1 aliphatic carbocycles. The lowest BCUT2D eigenvalue weighted by atomic mass is 10.1. The summed E-state index contributed by atoms with van der Waals surface area (Å²) in [6.07, 6.45) is 0.739. The molecule has 3 unspecified atom stereocenters. The smallest absolute Gasteiger partial charge is 0.141 e. The van der Waals surface area contributed by atoms with Crippen LogP contribution in [-0.2, 0) is 17.2 Å². The summed E-state index contributed by atoms with van der Waals surface area (Å²) in [6.45, 7) is 0. The maximum atomic E-state index is 13.3. The number of fused-ring (bicyclic) bond motifs is 1. The molecule has 0 aliphatic heterocycles. The van der Waals surface area contributed by atoms with Crippen LogP contribution in [0.3, 0.4) is 0 Å². The first-order chi connectivity index (χ1) is 10.1. The fourth-order valence-corrected chi connectivity index (χ4v) is 4.77. The van der Waals surface area contributed by atoms with Gasteiger partial charge >= 0.3 is 0 Å². The number of rotatable bonds is 3. The van der Waals surface area contributed by atoms with Crippen LogP contribution in [0, 0.1) is 5.82 Å². The van der Waals surface area contributed by atoms with Crippen LogP contribution in [0.1, 0.15) is 17.2 Å². The summed E-state index contributed by atoms with van der Waals surface area (Å²) in [5.74, 6) is -0.489. The van der Waals surface area contributed by atoms with Crippen molar-refractivity contribution in [2.45, 2.75) is 22.6 Å². The molecule has 110 valence electrons. The van der Waals surface area contributed by atoms with Gasteiger partial charge in [0.2, 0.25) is 0 Å². The molecule has 0 spiro atoms. The van der Waals surface area contributed by atoms with Gasteiger partial charge in [-0.15, -0.1) is 0 Å². The summed E-state index contributed by atoms with van der Waals surface area (Å²) in [5.41, 5.74) is 2.40. The summed E-state index contributed by atoms with van der Waals surface area (Å²) in [6, 6.07) is 12.4. The van der Waals surface area contributed by atoms with Gasteiger partial charge in [0.1, 0.15) is 5.82 Å². The van der Waals surface area contributed by atoms with Crippen LogP contribution < -0.4 is 5.32 Å². The standard InChI is InChI=1S/C16H15ClFNOS/c1-19-16-12-5-3-2-4-10(12)8-15(16)21(20)11-6-7-14(18)13(17)9-11/h2-7,9,15-16,19H,8H2,1H3. The molecule has 2 aromatic rings. The van der Waals surface area contributed by atoms with E-state index in [0.29, 0.717) is 4.90 Å². The topological polar surface area (TPSA) is 29.1 Å². The third-order valence-corrected chi connectivity index (χ3v) is 5.89. The van der Waals surface area contributed by atoms with Crippen molar-refractivity contribution in [3.8, 4) is 0 Å². The van der Waals surface area contributed by atoms with E-state index in [4.69, 9.17) is 11.6 Å². The molecule has 0 saturated heterocycles. The highest BCUT2D eigenvalue weighted by Gasteiger charge is 2.35. The third kappa shape index (κ3) is 2.63. The van der Waals surface area contributed by atoms with Gasteiger partial charge in [0, 0.05) is 10.9 Å². The second-order valence-electron chi connectivity index (χ2n) is 5.08. The molecular weight excluding hydrogens is 309 g/mol. The van der Waals surface area contributed by atoms with E-state index in [0.717, 1.165) is 6.42 Å². The van der Waals surface area contributed by atoms with E-state index >= 15 is 0 Å². The highest BCUT2D eigenvalue weighted by Crippen LogP contribution is 2.36. The third-order valence-electron chi connectivity index (χ3n) is 3.89. The summed E-state index contributed by atoms with van der Waals surface area (Å²) in [7, 11) is 0.623. The minimum atomic E-state index is -1.25. The van der Waals surface area contributed by atoms with Gasteiger partial charge in [0.25, 0.3) is 0 Å². The largest absolute Gasteiger partial charge is 0.312 e. The van der Waals surface area contributed by atoms with Crippen molar-refractivity contribution in [1.29, 1.82) is 0 Å². The maximum Gasteiger partial charge on any atom is 0.141 e. The average Bonchev–Trinajstić information content (AvgIpc) is 2.87. The Bertz CT molecular complexity index is 706. The molecule has 0 fully saturated rings. The number of nitrogens with one attached hydrogen (secondary N) is 1.